The molecule has 1 aromatic heterocycles. The number of rotatable bonds is 6. The number of carbonyl (C=O) groups is 1. The number of ether oxygens (including phenoxy) is 1. The Kier molecular flexibility index (Phi) is 5.99. The number of benzene rings is 2. The molecule has 3 aromatic rings. The fraction of sp³-hybridized carbons (Fsp3) is 0.105. The van der Waals surface area contributed by atoms with Gasteiger partial charge in [-0.15, -0.1) is 11.3 Å². The smallest absolute Gasteiger partial charge is 0.337 e. The Morgan fingerprint density at radius 3 is 2.62 bits per heavy atom. The number of hydrogen-bond acceptors (Lipinski definition) is 6. The fourth-order valence-corrected chi connectivity index (χ4v) is 3.06. The van der Waals surface area contributed by atoms with Crippen molar-refractivity contribution in [2.24, 2.45) is 5.16 Å². The Bertz CT molecular complexity index is 905. The van der Waals surface area contributed by atoms with Gasteiger partial charge in [0.15, 0.2) is 6.61 Å². The molecule has 0 aliphatic carbocycles. The van der Waals surface area contributed by atoms with E-state index in [0.717, 1.165) is 21.8 Å². The molecule has 0 fully saturated rings. The van der Waals surface area contributed by atoms with Crippen LogP contribution in [0.5, 0.6) is 0 Å². The summed E-state index contributed by atoms with van der Waals surface area (Å²) in [5, 5.41) is 7.47. The third kappa shape index (κ3) is 4.68. The molecule has 0 spiro atoms. The van der Waals surface area contributed by atoms with Gasteiger partial charge in [-0.2, -0.15) is 0 Å². The molecular weight excluding hydrogens is 372 g/mol. The quantitative estimate of drug-likeness (QED) is 0.347. The molecule has 5 nitrogen and oxygen atoms in total. The zero-order valence-corrected chi connectivity index (χ0v) is 15.5. The highest BCUT2D eigenvalue weighted by atomic mass is 35.5. The van der Waals surface area contributed by atoms with Gasteiger partial charge in [0.1, 0.15) is 5.01 Å². The predicted octanol–water partition coefficient (Wildman–Crippen LogP) is 4.80. The average molecular weight is 387 g/mol. The van der Waals surface area contributed by atoms with Crippen LogP contribution in [0.25, 0.3) is 10.6 Å². The van der Waals surface area contributed by atoms with Gasteiger partial charge in [0, 0.05) is 16.0 Å². The Labute approximate surface area is 159 Å². The van der Waals surface area contributed by atoms with Gasteiger partial charge in [-0.25, -0.2) is 9.78 Å². The minimum Gasteiger partial charge on any atom is -0.465 e. The molecule has 0 amide bonds. The van der Waals surface area contributed by atoms with Crippen LogP contribution in [-0.2, 0) is 16.2 Å². The lowest BCUT2D eigenvalue weighted by Crippen LogP contribution is -2.00. The second kappa shape index (κ2) is 8.60. The highest BCUT2D eigenvalue weighted by Gasteiger charge is 2.05. The average Bonchev–Trinajstić information content (AvgIpc) is 3.14. The van der Waals surface area contributed by atoms with Crippen LogP contribution in [0.2, 0.25) is 5.02 Å². The van der Waals surface area contributed by atoms with Crippen molar-refractivity contribution in [2.45, 2.75) is 6.61 Å². The molecule has 0 bridgehead atoms. The van der Waals surface area contributed by atoms with E-state index in [4.69, 9.17) is 16.4 Å². The van der Waals surface area contributed by atoms with Gasteiger partial charge in [-0.1, -0.05) is 41.0 Å². The number of aromatic nitrogens is 1. The molecule has 132 valence electrons. The lowest BCUT2D eigenvalue weighted by molar-refractivity contribution is 0.0600. The second-order valence-electron chi connectivity index (χ2n) is 5.27. The number of halogens is 1. The zero-order valence-electron chi connectivity index (χ0n) is 13.9. The molecule has 0 unspecified atom stereocenters. The van der Waals surface area contributed by atoms with E-state index < -0.39 is 0 Å². The van der Waals surface area contributed by atoms with Crippen LogP contribution in [0.4, 0.5) is 0 Å². The van der Waals surface area contributed by atoms with E-state index >= 15 is 0 Å². The van der Waals surface area contributed by atoms with Gasteiger partial charge in [-0.05, 0) is 29.8 Å². The SMILES string of the molecule is COC(=O)c1ccc(/C=N/OCc2csc(-c3ccc(Cl)cc3)n2)cc1. The maximum Gasteiger partial charge on any atom is 0.337 e. The van der Waals surface area contributed by atoms with Crippen LogP contribution in [0.3, 0.4) is 0 Å². The summed E-state index contributed by atoms with van der Waals surface area (Å²) in [5.41, 5.74) is 3.12. The summed E-state index contributed by atoms with van der Waals surface area (Å²) in [6.07, 6.45) is 1.58. The first kappa shape index (κ1) is 18.1. The lowest BCUT2D eigenvalue weighted by atomic mass is 10.1. The number of oxime groups is 1. The predicted molar refractivity (Wildman–Crippen MR) is 103 cm³/mol. The van der Waals surface area contributed by atoms with Crippen LogP contribution in [-0.4, -0.2) is 24.3 Å². The summed E-state index contributed by atoms with van der Waals surface area (Å²) >= 11 is 7.43. The molecule has 3 rings (SSSR count). The van der Waals surface area contributed by atoms with Crippen molar-refractivity contribution in [3.8, 4) is 10.6 Å². The molecule has 26 heavy (non-hydrogen) atoms. The van der Waals surface area contributed by atoms with Crippen molar-refractivity contribution in [1.82, 2.24) is 4.98 Å². The first-order valence-electron chi connectivity index (χ1n) is 7.70. The van der Waals surface area contributed by atoms with Crippen molar-refractivity contribution >= 4 is 35.1 Å². The van der Waals surface area contributed by atoms with Crippen LogP contribution in [0.15, 0.2) is 59.1 Å². The standard InChI is InChI=1S/C19H15ClN2O3S/c1-24-19(23)15-4-2-13(3-5-15)10-21-25-11-17-12-26-18(22-17)14-6-8-16(20)9-7-14/h2-10,12H,11H2,1H3/b21-10+. The van der Waals surface area contributed by atoms with Gasteiger partial charge in [0.05, 0.1) is 24.6 Å². The van der Waals surface area contributed by atoms with Gasteiger partial charge in [0.2, 0.25) is 0 Å². The number of carbonyl (C=O) groups excluding carboxylic acids is 1. The van der Waals surface area contributed by atoms with Crippen molar-refractivity contribution in [3.05, 3.63) is 75.8 Å². The minimum absolute atomic E-state index is 0.279. The Morgan fingerprint density at radius 1 is 1.19 bits per heavy atom. The first-order chi connectivity index (χ1) is 12.7. The molecule has 0 radical (unpaired) electrons. The highest BCUT2D eigenvalue weighted by Crippen LogP contribution is 2.25. The Morgan fingerprint density at radius 2 is 1.92 bits per heavy atom. The van der Waals surface area contributed by atoms with Crippen molar-refractivity contribution < 1.29 is 14.4 Å². The fourth-order valence-electron chi connectivity index (χ4n) is 2.12. The summed E-state index contributed by atoms with van der Waals surface area (Å²) in [7, 11) is 1.35. The van der Waals surface area contributed by atoms with E-state index in [9.17, 15) is 4.79 Å². The summed E-state index contributed by atoms with van der Waals surface area (Å²) < 4.78 is 4.65. The highest BCUT2D eigenvalue weighted by molar-refractivity contribution is 7.13. The molecule has 1 heterocycles. The van der Waals surface area contributed by atoms with Gasteiger partial charge in [-0.3, -0.25) is 0 Å². The van der Waals surface area contributed by atoms with Gasteiger partial charge < -0.3 is 9.57 Å². The van der Waals surface area contributed by atoms with Gasteiger partial charge in [0.25, 0.3) is 0 Å². The van der Waals surface area contributed by atoms with Crippen LogP contribution in [0, 0.1) is 0 Å². The molecule has 0 atom stereocenters. The molecule has 7 heteroatoms. The molecule has 0 N–H and O–H groups in total. The van der Waals surface area contributed by atoms with Crippen molar-refractivity contribution in [3.63, 3.8) is 0 Å². The Hall–Kier alpha value is -2.70. The number of esters is 1. The first-order valence-corrected chi connectivity index (χ1v) is 8.95. The summed E-state index contributed by atoms with van der Waals surface area (Å²) in [6.45, 7) is 0.279. The van der Waals surface area contributed by atoms with Crippen molar-refractivity contribution in [1.29, 1.82) is 0 Å². The summed E-state index contributed by atoms with van der Waals surface area (Å²) in [6, 6.07) is 14.4. The molecule has 0 aliphatic rings. The molecular formula is C19H15ClN2O3S. The molecule has 0 saturated heterocycles. The number of hydrogen-bond donors (Lipinski definition) is 0. The third-order valence-corrected chi connectivity index (χ3v) is 4.66. The maximum atomic E-state index is 11.4. The van der Waals surface area contributed by atoms with Crippen LogP contribution in [0.1, 0.15) is 21.6 Å². The number of thiazole rings is 1. The van der Waals surface area contributed by atoms with E-state index in [-0.39, 0.29) is 12.6 Å². The van der Waals surface area contributed by atoms with E-state index in [1.165, 1.54) is 18.4 Å². The summed E-state index contributed by atoms with van der Waals surface area (Å²) in [5.74, 6) is -0.371. The molecule has 0 saturated carbocycles. The molecule has 0 aliphatic heterocycles. The Balaban J connectivity index is 1.54. The van der Waals surface area contributed by atoms with E-state index in [0.29, 0.717) is 10.6 Å². The second-order valence-corrected chi connectivity index (χ2v) is 6.57. The van der Waals surface area contributed by atoms with Crippen LogP contribution < -0.4 is 0 Å². The lowest BCUT2D eigenvalue weighted by Gasteiger charge is -1.99. The largest absolute Gasteiger partial charge is 0.465 e. The number of methoxy groups -OCH3 is 1. The number of nitrogens with zero attached hydrogens (tertiary/aromatic N) is 2. The third-order valence-electron chi connectivity index (χ3n) is 3.46. The maximum absolute atomic E-state index is 11.4. The van der Waals surface area contributed by atoms with Gasteiger partial charge >= 0.3 is 5.97 Å². The normalized spacial score (nSPS) is 10.8. The minimum atomic E-state index is -0.371. The molecule has 2 aromatic carbocycles. The van der Waals surface area contributed by atoms with E-state index in [1.807, 2.05) is 29.6 Å². The van der Waals surface area contributed by atoms with Crippen molar-refractivity contribution in [2.75, 3.05) is 7.11 Å². The van der Waals surface area contributed by atoms with Crippen LogP contribution >= 0.6 is 22.9 Å². The van der Waals surface area contributed by atoms with E-state index in [1.54, 1.807) is 30.5 Å². The summed E-state index contributed by atoms with van der Waals surface area (Å²) in [4.78, 5) is 21.2. The monoisotopic (exact) mass is 386 g/mol. The topological polar surface area (TPSA) is 60.8 Å². The van der Waals surface area contributed by atoms with E-state index in [2.05, 4.69) is 14.9 Å². The zero-order chi connectivity index (χ0) is 18.4.